The maximum Gasteiger partial charge on any atom is 0.242 e. The van der Waals surface area contributed by atoms with Gasteiger partial charge in [-0.15, -0.1) is 11.6 Å². The van der Waals surface area contributed by atoms with Crippen molar-refractivity contribution < 1.29 is 13.6 Å². The van der Waals surface area contributed by atoms with Gasteiger partial charge in [-0.25, -0.2) is 8.78 Å². The number of amides is 1. The van der Waals surface area contributed by atoms with E-state index in [4.69, 9.17) is 11.6 Å². The van der Waals surface area contributed by atoms with Crippen molar-refractivity contribution in [3.8, 4) is 0 Å². The Bertz CT molecular complexity index is 447. The zero-order chi connectivity index (χ0) is 13.1. The van der Waals surface area contributed by atoms with E-state index in [1.807, 2.05) is 0 Å². The summed E-state index contributed by atoms with van der Waals surface area (Å²) in [6, 6.07) is 3.16. The molecule has 1 aliphatic carbocycles. The fraction of sp³-hybridized carbons (Fsp3) is 0.462. The molecule has 1 N–H and O–H groups in total. The molecular weight excluding hydrogens is 260 g/mol. The molecule has 0 bridgehead atoms. The van der Waals surface area contributed by atoms with Gasteiger partial charge in [0.25, 0.3) is 0 Å². The molecule has 0 heterocycles. The third-order valence-corrected chi connectivity index (χ3v) is 3.60. The van der Waals surface area contributed by atoms with Gasteiger partial charge in [0, 0.05) is 17.7 Å². The number of carbonyl (C=O) groups excluding carboxylic acids is 1. The van der Waals surface area contributed by atoms with Gasteiger partial charge >= 0.3 is 0 Å². The van der Waals surface area contributed by atoms with Gasteiger partial charge in [-0.3, -0.25) is 4.79 Å². The summed E-state index contributed by atoms with van der Waals surface area (Å²) >= 11 is 5.92. The summed E-state index contributed by atoms with van der Waals surface area (Å²) < 4.78 is 26.2. The maximum atomic E-state index is 13.5. The van der Waals surface area contributed by atoms with Crippen molar-refractivity contribution in [1.29, 1.82) is 0 Å². The summed E-state index contributed by atoms with van der Waals surface area (Å²) in [5.41, 5.74) is 0.00793. The Morgan fingerprint density at radius 1 is 1.33 bits per heavy atom. The van der Waals surface area contributed by atoms with E-state index in [1.165, 1.54) is 6.07 Å². The number of benzene rings is 1. The lowest BCUT2D eigenvalue weighted by Gasteiger charge is -2.16. The number of nitrogens with one attached hydrogen (secondary N) is 1. The van der Waals surface area contributed by atoms with Crippen LogP contribution in [0.3, 0.4) is 0 Å². The van der Waals surface area contributed by atoms with E-state index in [2.05, 4.69) is 5.32 Å². The Morgan fingerprint density at radius 2 is 2.00 bits per heavy atom. The summed E-state index contributed by atoms with van der Waals surface area (Å²) in [4.78, 5) is 11.8. The van der Waals surface area contributed by atoms with Crippen molar-refractivity contribution in [1.82, 2.24) is 5.32 Å². The van der Waals surface area contributed by atoms with Crippen LogP contribution in [-0.4, -0.2) is 11.9 Å². The van der Waals surface area contributed by atoms with Gasteiger partial charge in [0.05, 0.1) is 0 Å². The number of alkyl halides is 1. The third-order valence-electron chi connectivity index (χ3n) is 3.17. The molecule has 1 aromatic rings. The Kier molecular flexibility index (Phi) is 4.17. The summed E-state index contributed by atoms with van der Waals surface area (Å²) in [5.74, 6) is -1.90. The van der Waals surface area contributed by atoms with E-state index >= 15 is 0 Å². The first-order chi connectivity index (χ1) is 8.58. The molecule has 5 heteroatoms. The molecule has 1 aromatic carbocycles. The largest absolute Gasteiger partial charge is 0.352 e. The minimum Gasteiger partial charge on any atom is -0.352 e. The maximum absolute atomic E-state index is 13.5. The Balaban J connectivity index is 2.05. The zero-order valence-corrected chi connectivity index (χ0v) is 10.5. The average Bonchev–Trinajstić information content (AvgIpc) is 2.81. The zero-order valence-electron chi connectivity index (χ0n) is 9.76. The molecule has 0 aliphatic heterocycles. The predicted octanol–water partition coefficient (Wildman–Crippen LogP) is 3.30. The molecule has 0 saturated heterocycles. The van der Waals surface area contributed by atoms with Crippen molar-refractivity contribution in [3.63, 3.8) is 0 Å². The fourth-order valence-corrected chi connectivity index (χ4v) is 2.43. The van der Waals surface area contributed by atoms with Crippen LogP contribution in [0, 0.1) is 11.6 Å². The SMILES string of the molecule is O=C(NC1CCCC1)C(Cl)c1ccc(F)cc1F. The lowest BCUT2D eigenvalue weighted by atomic mass is 10.1. The highest BCUT2D eigenvalue weighted by molar-refractivity contribution is 6.30. The van der Waals surface area contributed by atoms with Crippen LogP contribution < -0.4 is 5.32 Å². The lowest BCUT2D eigenvalue weighted by Crippen LogP contribution is -2.35. The summed E-state index contributed by atoms with van der Waals surface area (Å²) in [7, 11) is 0. The van der Waals surface area contributed by atoms with Crippen molar-refractivity contribution >= 4 is 17.5 Å². The van der Waals surface area contributed by atoms with Crippen LogP contribution in [0.5, 0.6) is 0 Å². The molecule has 98 valence electrons. The van der Waals surface area contributed by atoms with Gasteiger partial charge in [-0.05, 0) is 18.9 Å². The molecule has 2 nitrogen and oxygen atoms in total. The summed E-state index contributed by atoms with van der Waals surface area (Å²) in [5, 5.41) is 1.67. The van der Waals surface area contributed by atoms with E-state index in [0.29, 0.717) is 0 Å². The third kappa shape index (κ3) is 2.99. The van der Waals surface area contributed by atoms with Crippen molar-refractivity contribution in [2.75, 3.05) is 0 Å². The molecule has 0 radical (unpaired) electrons. The van der Waals surface area contributed by atoms with Crippen LogP contribution in [0.2, 0.25) is 0 Å². The Labute approximate surface area is 109 Å². The molecule has 2 rings (SSSR count). The summed E-state index contributed by atoms with van der Waals surface area (Å²) in [6.07, 6.45) is 4.04. The number of rotatable bonds is 3. The van der Waals surface area contributed by atoms with Crippen LogP contribution in [0.15, 0.2) is 18.2 Å². The van der Waals surface area contributed by atoms with Gasteiger partial charge in [-0.2, -0.15) is 0 Å². The Morgan fingerprint density at radius 3 is 2.61 bits per heavy atom. The van der Waals surface area contributed by atoms with Gasteiger partial charge in [0.2, 0.25) is 5.91 Å². The van der Waals surface area contributed by atoms with E-state index in [0.717, 1.165) is 37.8 Å². The van der Waals surface area contributed by atoms with Crippen LogP contribution in [-0.2, 0) is 4.79 Å². The van der Waals surface area contributed by atoms with Crippen molar-refractivity contribution in [2.45, 2.75) is 37.1 Å². The topological polar surface area (TPSA) is 29.1 Å². The summed E-state index contributed by atoms with van der Waals surface area (Å²) in [6.45, 7) is 0. The molecule has 0 aromatic heterocycles. The quantitative estimate of drug-likeness (QED) is 0.841. The highest BCUT2D eigenvalue weighted by Gasteiger charge is 2.25. The van der Waals surface area contributed by atoms with Gasteiger partial charge in [-0.1, -0.05) is 18.9 Å². The van der Waals surface area contributed by atoms with E-state index in [9.17, 15) is 13.6 Å². The molecule has 1 unspecified atom stereocenters. The second kappa shape index (κ2) is 5.65. The predicted molar refractivity (Wildman–Crippen MR) is 65.4 cm³/mol. The molecule has 0 spiro atoms. The standard InChI is InChI=1S/C13H14ClF2NO/c14-12(10-6-5-8(15)7-11(10)16)13(18)17-9-3-1-2-4-9/h5-7,9,12H,1-4H2,(H,17,18). The highest BCUT2D eigenvalue weighted by Crippen LogP contribution is 2.25. The van der Waals surface area contributed by atoms with Crippen molar-refractivity contribution in [3.05, 3.63) is 35.4 Å². The average molecular weight is 274 g/mol. The number of hydrogen-bond acceptors (Lipinski definition) is 1. The first-order valence-corrected chi connectivity index (χ1v) is 6.41. The van der Waals surface area contributed by atoms with Gasteiger partial charge < -0.3 is 5.32 Å². The van der Waals surface area contributed by atoms with E-state index in [1.54, 1.807) is 0 Å². The smallest absolute Gasteiger partial charge is 0.242 e. The molecule has 18 heavy (non-hydrogen) atoms. The lowest BCUT2D eigenvalue weighted by molar-refractivity contribution is -0.121. The minimum atomic E-state index is -1.12. The van der Waals surface area contributed by atoms with E-state index in [-0.39, 0.29) is 11.6 Å². The number of halogens is 3. The monoisotopic (exact) mass is 273 g/mol. The second-order valence-electron chi connectivity index (χ2n) is 4.52. The molecule has 1 saturated carbocycles. The van der Waals surface area contributed by atoms with Crippen LogP contribution in [0.25, 0.3) is 0 Å². The molecule has 1 aliphatic rings. The fourth-order valence-electron chi connectivity index (χ4n) is 2.19. The van der Waals surface area contributed by atoms with E-state index < -0.39 is 22.9 Å². The highest BCUT2D eigenvalue weighted by atomic mass is 35.5. The van der Waals surface area contributed by atoms with Gasteiger partial charge in [0.1, 0.15) is 17.0 Å². The molecular formula is C13H14ClF2NO. The minimum absolute atomic E-state index is 0.00793. The molecule has 1 amide bonds. The first kappa shape index (κ1) is 13.3. The van der Waals surface area contributed by atoms with Crippen LogP contribution >= 0.6 is 11.6 Å². The van der Waals surface area contributed by atoms with Crippen LogP contribution in [0.1, 0.15) is 36.6 Å². The van der Waals surface area contributed by atoms with Gasteiger partial charge in [0.15, 0.2) is 0 Å². The van der Waals surface area contributed by atoms with Crippen molar-refractivity contribution in [2.24, 2.45) is 0 Å². The number of carbonyl (C=O) groups is 1. The first-order valence-electron chi connectivity index (χ1n) is 5.97. The molecule has 1 fully saturated rings. The molecule has 1 atom stereocenters. The number of hydrogen-bond donors (Lipinski definition) is 1. The second-order valence-corrected chi connectivity index (χ2v) is 4.95. The van der Waals surface area contributed by atoms with Crippen LogP contribution in [0.4, 0.5) is 8.78 Å². The normalized spacial score (nSPS) is 17.7. The Hall–Kier alpha value is -1.16.